The van der Waals surface area contributed by atoms with E-state index in [1.54, 1.807) is 0 Å². The number of hydrogen-bond donors (Lipinski definition) is 1. The lowest BCUT2D eigenvalue weighted by Crippen LogP contribution is -2.42. The second-order valence-corrected chi connectivity index (χ2v) is 4.30. The topological polar surface area (TPSA) is 29.3 Å². The Morgan fingerprint density at radius 3 is 2.08 bits per heavy atom. The molecule has 0 aromatic carbocycles. The second kappa shape index (κ2) is 5.55. The highest BCUT2D eigenvalue weighted by Crippen LogP contribution is 2.13. The van der Waals surface area contributed by atoms with Crippen molar-refractivity contribution in [1.82, 2.24) is 4.90 Å². The summed E-state index contributed by atoms with van der Waals surface area (Å²) in [6.45, 7) is 12.1. The molecule has 0 heterocycles. The molecule has 0 rings (SSSR count). The number of nitrogens with two attached hydrogens (primary N) is 1. The van der Waals surface area contributed by atoms with Gasteiger partial charge in [-0.3, -0.25) is 4.90 Å². The van der Waals surface area contributed by atoms with E-state index >= 15 is 0 Å². The summed E-state index contributed by atoms with van der Waals surface area (Å²) in [7, 11) is 0. The summed E-state index contributed by atoms with van der Waals surface area (Å²) in [6, 6.07) is 0. The summed E-state index contributed by atoms with van der Waals surface area (Å²) < 4.78 is 0. The molecular weight excluding hydrogens is 148 g/mol. The summed E-state index contributed by atoms with van der Waals surface area (Å²) in [6.07, 6.45) is 2.33. The van der Waals surface area contributed by atoms with Crippen molar-refractivity contribution < 1.29 is 0 Å². The van der Waals surface area contributed by atoms with Gasteiger partial charge in [-0.25, -0.2) is 0 Å². The predicted octanol–water partition coefficient (Wildman–Crippen LogP) is 1.85. The van der Waals surface area contributed by atoms with Gasteiger partial charge >= 0.3 is 0 Å². The molecule has 0 saturated heterocycles. The van der Waals surface area contributed by atoms with Crippen molar-refractivity contribution in [2.24, 2.45) is 5.73 Å². The summed E-state index contributed by atoms with van der Waals surface area (Å²) in [4.78, 5) is 2.50. The Morgan fingerprint density at radius 1 is 1.17 bits per heavy atom. The molecule has 0 unspecified atom stereocenters. The number of hydrogen-bond acceptors (Lipinski definition) is 2. The first kappa shape index (κ1) is 11.9. The van der Waals surface area contributed by atoms with Crippen molar-refractivity contribution in [3.8, 4) is 0 Å². The van der Waals surface area contributed by atoms with Crippen LogP contribution in [0.15, 0.2) is 0 Å². The molecule has 0 amide bonds. The van der Waals surface area contributed by atoms with Crippen LogP contribution in [0, 0.1) is 0 Å². The molecule has 2 heteroatoms. The lowest BCUT2D eigenvalue weighted by molar-refractivity contribution is 0.136. The van der Waals surface area contributed by atoms with E-state index in [1.165, 1.54) is 13.0 Å². The first-order valence-corrected chi connectivity index (χ1v) is 4.97. The van der Waals surface area contributed by atoms with Gasteiger partial charge in [-0.1, -0.05) is 6.92 Å². The Bertz CT molecular complexity index is 105. The Morgan fingerprint density at radius 2 is 1.75 bits per heavy atom. The van der Waals surface area contributed by atoms with Crippen molar-refractivity contribution in [3.63, 3.8) is 0 Å². The molecule has 12 heavy (non-hydrogen) atoms. The minimum Gasteiger partial charge on any atom is -0.330 e. The molecule has 0 saturated carbocycles. The Balaban J connectivity index is 3.86. The largest absolute Gasteiger partial charge is 0.330 e. The van der Waals surface area contributed by atoms with Gasteiger partial charge in [0.05, 0.1) is 0 Å². The van der Waals surface area contributed by atoms with E-state index in [9.17, 15) is 0 Å². The highest BCUT2D eigenvalue weighted by Gasteiger charge is 2.18. The van der Waals surface area contributed by atoms with Crippen LogP contribution in [0.1, 0.15) is 40.5 Å². The van der Waals surface area contributed by atoms with E-state index < -0.39 is 0 Å². The van der Waals surface area contributed by atoms with Crippen LogP contribution >= 0.6 is 0 Å². The number of nitrogens with zero attached hydrogens (tertiary/aromatic N) is 1. The van der Waals surface area contributed by atoms with Gasteiger partial charge in [-0.2, -0.15) is 0 Å². The molecule has 0 spiro atoms. The normalized spacial score (nSPS) is 12.5. The van der Waals surface area contributed by atoms with E-state index in [0.29, 0.717) is 5.54 Å². The van der Waals surface area contributed by atoms with E-state index in [-0.39, 0.29) is 0 Å². The maximum absolute atomic E-state index is 5.49. The fourth-order valence-electron chi connectivity index (χ4n) is 1.33. The van der Waals surface area contributed by atoms with E-state index in [4.69, 9.17) is 5.73 Å². The van der Waals surface area contributed by atoms with Crippen molar-refractivity contribution in [3.05, 3.63) is 0 Å². The highest BCUT2D eigenvalue weighted by atomic mass is 15.2. The van der Waals surface area contributed by atoms with Crippen LogP contribution in [0.2, 0.25) is 0 Å². The van der Waals surface area contributed by atoms with E-state index in [2.05, 4.69) is 32.6 Å². The molecule has 0 aliphatic carbocycles. The fourth-order valence-corrected chi connectivity index (χ4v) is 1.33. The van der Waals surface area contributed by atoms with Crippen LogP contribution in [0.25, 0.3) is 0 Å². The monoisotopic (exact) mass is 172 g/mol. The van der Waals surface area contributed by atoms with Crippen LogP contribution in [0.5, 0.6) is 0 Å². The standard InChI is InChI=1S/C10H24N2/c1-5-8-12(9-6-7-11)10(2,3)4/h5-9,11H2,1-4H3. The van der Waals surface area contributed by atoms with Gasteiger partial charge in [0.15, 0.2) is 0 Å². The van der Waals surface area contributed by atoms with Gasteiger partial charge < -0.3 is 5.73 Å². The Kier molecular flexibility index (Phi) is 5.51. The van der Waals surface area contributed by atoms with E-state index in [0.717, 1.165) is 19.5 Å². The summed E-state index contributed by atoms with van der Waals surface area (Å²) in [5.74, 6) is 0. The van der Waals surface area contributed by atoms with Crippen molar-refractivity contribution in [2.45, 2.75) is 46.1 Å². The highest BCUT2D eigenvalue weighted by molar-refractivity contribution is 4.75. The molecule has 0 atom stereocenters. The summed E-state index contributed by atoms with van der Waals surface area (Å²) in [5, 5.41) is 0. The van der Waals surface area contributed by atoms with Crippen LogP contribution in [-0.2, 0) is 0 Å². The Hall–Kier alpha value is -0.0800. The van der Waals surface area contributed by atoms with Gasteiger partial charge in [0.25, 0.3) is 0 Å². The third kappa shape index (κ3) is 4.73. The van der Waals surface area contributed by atoms with Crippen LogP contribution in [-0.4, -0.2) is 30.1 Å². The third-order valence-electron chi connectivity index (χ3n) is 2.07. The predicted molar refractivity (Wildman–Crippen MR) is 55.3 cm³/mol. The SMILES string of the molecule is CCCN(CCCN)C(C)(C)C. The minimum absolute atomic E-state index is 0.297. The molecule has 0 bridgehead atoms. The molecule has 0 aromatic heterocycles. The smallest absolute Gasteiger partial charge is 0.0125 e. The molecule has 74 valence electrons. The van der Waals surface area contributed by atoms with Crippen molar-refractivity contribution in [1.29, 1.82) is 0 Å². The van der Waals surface area contributed by atoms with E-state index in [1.807, 2.05) is 0 Å². The van der Waals surface area contributed by atoms with Gasteiger partial charge in [-0.15, -0.1) is 0 Å². The third-order valence-corrected chi connectivity index (χ3v) is 2.07. The van der Waals surface area contributed by atoms with Gasteiger partial charge in [0.1, 0.15) is 0 Å². The summed E-state index contributed by atoms with van der Waals surface area (Å²) >= 11 is 0. The quantitative estimate of drug-likeness (QED) is 0.685. The molecule has 0 fully saturated rings. The molecule has 0 aliphatic heterocycles. The molecule has 0 aliphatic rings. The fraction of sp³-hybridized carbons (Fsp3) is 1.00. The molecule has 0 radical (unpaired) electrons. The summed E-state index contributed by atoms with van der Waals surface area (Å²) in [5.41, 5.74) is 5.79. The molecule has 2 N–H and O–H groups in total. The number of rotatable bonds is 5. The molecule has 2 nitrogen and oxygen atoms in total. The van der Waals surface area contributed by atoms with Gasteiger partial charge in [-0.05, 0) is 53.2 Å². The maximum atomic E-state index is 5.49. The van der Waals surface area contributed by atoms with Crippen LogP contribution in [0.4, 0.5) is 0 Å². The zero-order chi connectivity index (χ0) is 9.61. The Labute approximate surface area is 77.1 Å². The van der Waals surface area contributed by atoms with Crippen molar-refractivity contribution in [2.75, 3.05) is 19.6 Å². The average molecular weight is 172 g/mol. The first-order valence-electron chi connectivity index (χ1n) is 4.97. The maximum Gasteiger partial charge on any atom is 0.0125 e. The van der Waals surface area contributed by atoms with Crippen molar-refractivity contribution >= 4 is 0 Å². The van der Waals surface area contributed by atoms with Gasteiger partial charge in [0, 0.05) is 5.54 Å². The zero-order valence-electron chi connectivity index (χ0n) is 9.06. The minimum atomic E-state index is 0.297. The van der Waals surface area contributed by atoms with Gasteiger partial charge in [0.2, 0.25) is 0 Å². The lowest BCUT2D eigenvalue weighted by atomic mass is 10.1. The van der Waals surface area contributed by atoms with Crippen LogP contribution in [0.3, 0.4) is 0 Å². The molecule has 0 aromatic rings. The average Bonchev–Trinajstić information content (AvgIpc) is 1.95. The van der Waals surface area contributed by atoms with Crippen LogP contribution < -0.4 is 5.73 Å². The lowest BCUT2D eigenvalue weighted by Gasteiger charge is -2.35. The second-order valence-electron chi connectivity index (χ2n) is 4.30. The first-order chi connectivity index (χ1) is 5.52. The zero-order valence-corrected chi connectivity index (χ0v) is 9.06. The molecular formula is C10H24N2.